The molecule has 1 aromatic rings. The van der Waals surface area contributed by atoms with E-state index in [-0.39, 0.29) is 17.7 Å². The van der Waals surface area contributed by atoms with Crippen molar-refractivity contribution in [3.63, 3.8) is 0 Å². The summed E-state index contributed by atoms with van der Waals surface area (Å²) in [6.45, 7) is 0.642. The first-order valence-electron chi connectivity index (χ1n) is 5.38. The maximum absolute atomic E-state index is 12.4. The van der Waals surface area contributed by atoms with Crippen molar-refractivity contribution in [2.24, 2.45) is 0 Å². The van der Waals surface area contributed by atoms with E-state index in [0.29, 0.717) is 6.54 Å². The largest absolute Gasteiger partial charge is 0.394 e. The Balaban J connectivity index is 1.96. The third kappa shape index (κ3) is 2.57. The van der Waals surface area contributed by atoms with Gasteiger partial charge >= 0.3 is 0 Å². The van der Waals surface area contributed by atoms with Crippen LogP contribution < -0.4 is 5.32 Å². The number of alkyl halides is 2. The minimum Gasteiger partial charge on any atom is -0.394 e. The van der Waals surface area contributed by atoms with Gasteiger partial charge in [0.2, 0.25) is 0 Å². The van der Waals surface area contributed by atoms with Crippen LogP contribution in [0.2, 0.25) is 0 Å². The smallest absolute Gasteiger partial charge is 0.263 e. The molecule has 0 aromatic heterocycles. The molecule has 0 amide bonds. The topological polar surface area (TPSA) is 32.3 Å². The second-order valence-electron chi connectivity index (χ2n) is 4.34. The number of aliphatic hydroxyl groups excluding tert-OH is 1. The SMILES string of the molecule is OCC1(NCc2cccc(C(F)F)c2)CC1. The molecule has 0 aliphatic heterocycles. The van der Waals surface area contributed by atoms with Crippen molar-refractivity contribution in [2.75, 3.05) is 6.61 Å². The summed E-state index contributed by atoms with van der Waals surface area (Å²) in [7, 11) is 0. The summed E-state index contributed by atoms with van der Waals surface area (Å²) in [5.41, 5.74) is 0.728. The Morgan fingerprint density at radius 1 is 1.38 bits per heavy atom. The van der Waals surface area contributed by atoms with Crippen LogP contribution in [-0.2, 0) is 6.54 Å². The number of aliphatic hydroxyl groups is 1. The lowest BCUT2D eigenvalue weighted by molar-refractivity contribution is 0.151. The van der Waals surface area contributed by atoms with Crippen molar-refractivity contribution in [3.05, 3.63) is 35.4 Å². The van der Waals surface area contributed by atoms with Gasteiger partial charge in [0.1, 0.15) is 0 Å². The summed E-state index contributed by atoms with van der Waals surface area (Å²) >= 11 is 0. The van der Waals surface area contributed by atoms with Crippen LogP contribution in [0.15, 0.2) is 24.3 Å². The zero-order chi connectivity index (χ0) is 11.6. The molecule has 2 N–H and O–H groups in total. The molecule has 1 fully saturated rings. The molecule has 1 aliphatic carbocycles. The van der Waals surface area contributed by atoms with E-state index in [1.54, 1.807) is 6.07 Å². The van der Waals surface area contributed by atoms with Gasteiger partial charge in [-0.05, 0) is 24.5 Å². The summed E-state index contributed by atoms with van der Waals surface area (Å²) < 4.78 is 24.9. The molecule has 0 saturated heterocycles. The van der Waals surface area contributed by atoms with Crippen molar-refractivity contribution in [3.8, 4) is 0 Å². The molecular weight excluding hydrogens is 212 g/mol. The van der Waals surface area contributed by atoms with Crippen molar-refractivity contribution >= 4 is 0 Å². The fraction of sp³-hybridized carbons (Fsp3) is 0.500. The van der Waals surface area contributed by atoms with Crippen molar-refractivity contribution < 1.29 is 13.9 Å². The first-order chi connectivity index (χ1) is 7.65. The van der Waals surface area contributed by atoms with Crippen LogP contribution in [-0.4, -0.2) is 17.3 Å². The highest BCUT2D eigenvalue weighted by atomic mass is 19.3. The molecule has 0 radical (unpaired) electrons. The Kier molecular flexibility index (Phi) is 3.21. The Labute approximate surface area is 93.3 Å². The van der Waals surface area contributed by atoms with E-state index in [4.69, 9.17) is 5.11 Å². The lowest BCUT2D eigenvalue weighted by atomic mass is 10.1. The molecule has 16 heavy (non-hydrogen) atoms. The number of hydrogen-bond acceptors (Lipinski definition) is 2. The predicted octanol–water partition coefficient (Wildman–Crippen LogP) is 2.24. The Hall–Kier alpha value is -1.00. The van der Waals surface area contributed by atoms with E-state index in [9.17, 15) is 8.78 Å². The van der Waals surface area contributed by atoms with E-state index < -0.39 is 6.43 Å². The number of rotatable bonds is 5. The van der Waals surface area contributed by atoms with E-state index in [1.807, 2.05) is 6.07 Å². The second-order valence-corrected chi connectivity index (χ2v) is 4.34. The highest BCUT2D eigenvalue weighted by Crippen LogP contribution is 2.34. The lowest BCUT2D eigenvalue weighted by Gasteiger charge is -2.14. The quantitative estimate of drug-likeness (QED) is 0.808. The number of hydrogen-bond donors (Lipinski definition) is 2. The molecule has 88 valence electrons. The molecular formula is C12H15F2NO. The third-order valence-electron chi connectivity index (χ3n) is 3.03. The average Bonchev–Trinajstić information content (AvgIpc) is 3.07. The van der Waals surface area contributed by atoms with E-state index in [0.717, 1.165) is 18.4 Å². The highest BCUT2D eigenvalue weighted by molar-refractivity contribution is 5.24. The standard InChI is InChI=1S/C12H15F2NO/c13-11(14)10-3-1-2-9(6-10)7-15-12(8-16)4-5-12/h1-3,6,11,15-16H,4-5,7-8H2. The van der Waals surface area contributed by atoms with Gasteiger partial charge in [-0.2, -0.15) is 0 Å². The second kappa shape index (κ2) is 4.47. The summed E-state index contributed by atoms with van der Waals surface area (Å²) in [6.07, 6.45) is -0.511. The van der Waals surface area contributed by atoms with Crippen molar-refractivity contribution in [2.45, 2.75) is 31.4 Å². The minimum atomic E-state index is -2.42. The van der Waals surface area contributed by atoms with Crippen LogP contribution in [0.5, 0.6) is 0 Å². The molecule has 2 nitrogen and oxygen atoms in total. The summed E-state index contributed by atoms with van der Waals surface area (Å²) in [6, 6.07) is 6.38. The van der Waals surface area contributed by atoms with Crippen LogP contribution in [0.1, 0.15) is 30.4 Å². The molecule has 1 saturated carbocycles. The van der Waals surface area contributed by atoms with E-state index in [1.165, 1.54) is 12.1 Å². The Morgan fingerprint density at radius 3 is 2.69 bits per heavy atom. The first kappa shape index (κ1) is 11.5. The van der Waals surface area contributed by atoms with Gasteiger partial charge in [0.25, 0.3) is 6.43 Å². The molecule has 0 spiro atoms. The Morgan fingerprint density at radius 2 is 2.12 bits per heavy atom. The zero-order valence-electron chi connectivity index (χ0n) is 8.92. The Bertz CT molecular complexity index is 364. The number of halogens is 2. The van der Waals surface area contributed by atoms with Gasteiger partial charge in [-0.15, -0.1) is 0 Å². The fourth-order valence-corrected chi connectivity index (χ4v) is 1.67. The lowest BCUT2D eigenvalue weighted by Crippen LogP contribution is -2.34. The normalized spacial score (nSPS) is 17.8. The van der Waals surface area contributed by atoms with Gasteiger partial charge in [-0.25, -0.2) is 8.78 Å². The fourth-order valence-electron chi connectivity index (χ4n) is 1.67. The van der Waals surface area contributed by atoms with Gasteiger partial charge in [0.05, 0.1) is 6.61 Å². The van der Waals surface area contributed by atoms with Crippen molar-refractivity contribution in [1.82, 2.24) is 5.32 Å². The summed E-state index contributed by atoms with van der Waals surface area (Å²) in [5.74, 6) is 0. The predicted molar refractivity (Wildman–Crippen MR) is 57.3 cm³/mol. The molecule has 0 bridgehead atoms. The maximum atomic E-state index is 12.4. The molecule has 0 unspecified atom stereocenters. The molecule has 0 atom stereocenters. The first-order valence-corrected chi connectivity index (χ1v) is 5.38. The van der Waals surface area contributed by atoms with Crippen LogP contribution in [0.4, 0.5) is 8.78 Å². The maximum Gasteiger partial charge on any atom is 0.263 e. The molecule has 1 aromatic carbocycles. The van der Waals surface area contributed by atoms with Gasteiger partial charge in [0.15, 0.2) is 0 Å². The molecule has 2 rings (SSSR count). The molecule has 0 heterocycles. The number of nitrogens with one attached hydrogen (secondary N) is 1. The third-order valence-corrected chi connectivity index (χ3v) is 3.03. The van der Waals surface area contributed by atoms with E-state index in [2.05, 4.69) is 5.32 Å². The van der Waals surface area contributed by atoms with Gasteiger partial charge in [0, 0.05) is 17.6 Å². The summed E-state index contributed by atoms with van der Waals surface area (Å²) in [5, 5.41) is 12.3. The van der Waals surface area contributed by atoms with Gasteiger partial charge in [-0.1, -0.05) is 18.2 Å². The average molecular weight is 227 g/mol. The molecule has 4 heteroatoms. The van der Waals surface area contributed by atoms with Crippen LogP contribution >= 0.6 is 0 Å². The van der Waals surface area contributed by atoms with Crippen molar-refractivity contribution in [1.29, 1.82) is 0 Å². The minimum absolute atomic E-state index is 0.0492. The van der Waals surface area contributed by atoms with E-state index >= 15 is 0 Å². The summed E-state index contributed by atoms with van der Waals surface area (Å²) in [4.78, 5) is 0. The van der Waals surface area contributed by atoms with Gasteiger partial charge in [-0.3, -0.25) is 0 Å². The monoisotopic (exact) mass is 227 g/mol. The zero-order valence-corrected chi connectivity index (χ0v) is 8.92. The number of benzene rings is 1. The van der Waals surface area contributed by atoms with Crippen LogP contribution in [0.25, 0.3) is 0 Å². The van der Waals surface area contributed by atoms with Crippen LogP contribution in [0.3, 0.4) is 0 Å². The molecule has 1 aliphatic rings. The highest BCUT2D eigenvalue weighted by Gasteiger charge is 2.41. The van der Waals surface area contributed by atoms with Gasteiger partial charge < -0.3 is 10.4 Å². The van der Waals surface area contributed by atoms with Crippen LogP contribution in [0, 0.1) is 0 Å².